The molecule has 154 valence electrons. The highest BCUT2D eigenvalue weighted by Gasteiger charge is 2.24. The van der Waals surface area contributed by atoms with Crippen LogP contribution in [0.15, 0.2) is 48.5 Å². The molecular formula is C22H24Cl2N2O3. The average Bonchev–Trinajstić information content (AvgIpc) is 2.73. The van der Waals surface area contributed by atoms with Crippen LogP contribution in [0, 0.1) is 0 Å². The summed E-state index contributed by atoms with van der Waals surface area (Å²) in [5.41, 5.74) is 1.16. The molecule has 2 amide bonds. The Morgan fingerprint density at radius 3 is 2.48 bits per heavy atom. The fourth-order valence-electron chi connectivity index (χ4n) is 3.30. The third-order valence-corrected chi connectivity index (χ3v) is 5.47. The third kappa shape index (κ3) is 6.65. The predicted octanol–water partition coefficient (Wildman–Crippen LogP) is 4.11. The largest absolute Gasteiger partial charge is 0.482 e. The van der Waals surface area contributed by atoms with Crippen molar-refractivity contribution in [1.29, 1.82) is 0 Å². The van der Waals surface area contributed by atoms with E-state index in [0.717, 1.165) is 24.8 Å². The van der Waals surface area contributed by atoms with E-state index >= 15 is 0 Å². The van der Waals surface area contributed by atoms with Crippen LogP contribution in [0.4, 0.5) is 0 Å². The second-order valence-electron chi connectivity index (χ2n) is 7.07. The first-order valence-corrected chi connectivity index (χ1v) is 10.5. The van der Waals surface area contributed by atoms with E-state index in [9.17, 15) is 9.59 Å². The number of nitrogens with zero attached hydrogens (tertiary/aromatic N) is 1. The Balaban J connectivity index is 1.37. The van der Waals surface area contributed by atoms with E-state index in [0.29, 0.717) is 35.3 Å². The molecule has 1 aliphatic rings. The fourth-order valence-corrected chi connectivity index (χ4v) is 3.76. The van der Waals surface area contributed by atoms with Gasteiger partial charge >= 0.3 is 0 Å². The second-order valence-corrected chi connectivity index (χ2v) is 7.92. The first-order chi connectivity index (χ1) is 14.0. The Morgan fingerprint density at radius 1 is 1.07 bits per heavy atom. The van der Waals surface area contributed by atoms with Crippen LogP contribution in [0.2, 0.25) is 10.0 Å². The topological polar surface area (TPSA) is 58.6 Å². The maximum absolute atomic E-state index is 12.4. The molecule has 1 saturated heterocycles. The maximum atomic E-state index is 12.4. The lowest BCUT2D eigenvalue weighted by atomic mass is 10.0. The van der Waals surface area contributed by atoms with Crippen molar-refractivity contribution in [1.82, 2.24) is 10.2 Å². The average molecular weight is 435 g/mol. The summed E-state index contributed by atoms with van der Waals surface area (Å²) in [6, 6.07) is 15.0. The number of nitrogens with one attached hydrogen (secondary N) is 1. The molecule has 1 aliphatic heterocycles. The SMILES string of the molecule is O=C(CCc1ccccc1)NC1CCN(C(=O)COc2ccc(Cl)cc2Cl)CC1. The molecule has 0 radical (unpaired) electrons. The van der Waals surface area contributed by atoms with Crippen molar-refractivity contribution in [2.45, 2.75) is 31.7 Å². The van der Waals surface area contributed by atoms with Gasteiger partial charge in [0, 0.05) is 30.6 Å². The van der Waals surface area contributed by atoms with Crippen molar-refractivity contribution >= 4 is 35.0 Å². The Hall–Kier alpha value is -2.24. The first kappa shape index (κ1) is 21.5. The van der Waals surface area contributed by atoms with Gasteiger partial charge in [-0.2, -0.15) is 0 Å². The molecule has 0 atom stereocenters. The zero-order chi connectivity index (χ0) is 20.6. The number of aryl methyl sites for hydroxylation is 1. The Bertz CT molecular complexity index is 837. The van der Waals surface area contributed by atoms with Crippen molar-refractivity contribution in [3.8, 4) is 5.75 Å². The highest BCUT2D eigenvalue weighted by atomic mass is 35.5. The highest BCUT2D eigenvalue weighted by Crippen LogP contribution is 2.27. The first-order valence-electron chi connectivity index (χ1n) is 9.70. The van der Waals surface area contributed by atoms with Crippen LogP contribution in [-0.4, -0.2) is 42.5 Å². The van der Waals surface area contributed by atoms with Gasteiger partial charge in [-0.25, -0.2) is 0 Å². The number of piperidine rings is 1. The van der Waals surface area contributed by atoms with E-state index in [4.69, 9.17) is 27.9 Å². The number of carbonyl (C=O) groups excluding carboxylic acids is 2. The summed E-state index contributed by atoms with van der Waals surface area (Å²) in [6.07, 6.45) is 2.68. The molecule has 5 nitrogen and oxygen atoms in total. The van der Waals surface area contributed by atoms with Gasteiger partial charge in [-0.05, 0) is 43.0 Å². The molecule has 1 fully saturated rings. The number of likely N-dealkylation sites (tertiary alicyclic amines) is 1. The van der Waals surface area contributed by atoms with Crippen LogP contribution in [0.3, 0.4) is 0 Å². The molecule has 0 unspecified atom stereocenters. The fraction of sp³-hybridized carbons (Fsp3) is 0.364. The van der Waals surface area contributed by atoms with E-state index in [1.807, 2.05) is 30.3 Å². The minimum absolute atomic E-state index is 0.0549. The van der Waals surface area contributed by atoms with Crippen LogP contribution < -0.4 is 10.1 Å². The number of hydrogen-bond donors (Lipinski definition) is 1. The van der Waals surface area contributed by atoms with Crippen LogP contribution in [0.25, 0.3) is 0 Å². The van der Waals surface area contributed by atoms with E-state index < -0.39 is 0 Å². The molecule has 2 aromatic carbocycles. The normalized spacial score (nSPS) is 14.5. The zero-order valence-electron chi connectivity index (χ0n) is 16.1. The molecule has 29 heavy (non-hydrogen) atoms. The summed E-state index contributed by atoms with van der Waals surface area (Å²) in [6.45, 7) is 1.12. The number of rotatable bonds is 7. The maximum Gasteiger partial charge on any atom is 0.260 e. The number of ether oxygens (including phenoxy) is 1. The van der Waals surface area contributed by atoms with E-state index in [-0.39, 0.29) is 24.5 Å². The van der Waals surface area contributed by atoms with Gasteiger partial charge < -0.3 is 15.0 Å². The molecule has 0 bridgehead atoms. The molecule has 1 heterocycles. The predicted molar refractivity (Wildman–Crippen MR) is 114 cm³/mol. The Kier molecular flexibility index (Phi) is 7.78. The van der Waals surface area contributed by atoms with Gasteiger partial charge in [0.25, 0.3) is 5.91 Å². The zero-order valence-corrected chi connectivity index (χ0v) is 17.6. The van der Waals surface area contributed by atoms with Gasteiger partial charge in [0.05, 0.1) is 5.02 Å². The molecule has 0 aliphatic carbocycles. The third-order valence-electron chi connectivity index (χ3n) is 4.94. The molecule has 3 rings (SSSR count). The van der Waals surface area contributed by atoms with E-state index in [2.05, 4.69) is 5.32 Å². The standard InChI is InChI=1S/C22H24Cl2N2O3/c23-17-7-8-20(19(24)14-17)29-15-22(28)26-12-10-18(11-13-26)25-21(27)9-6-16-4-2-1-3-5-16/h1-5,7-8,14,18H,6,9-13,15H2,(H,25,27). The van der Waals surface area contributed by atoms with Crippen molar-refractivity contribution < 1.29 is 14.3 Å². The van der Waals surface area contributed by atoms with Crippen molar-refractivity contribution in [3.63, 3.8) is 0 Å². The van der Waals surface area contributed by atoms with Gasteiger partial charge in [-0.1, -0.05) is 53.5 Å². The van der Waals surface area contributed by atoms with Crippen molar-refractivity contribution in [2.24, 2.45) is 0 Å². The molecule has 2 aromatic rings. The van der Waals surface area contributed by atoms with Gasteiger partial charge in [0.15, 0.2) is 6.61 Å². The minimum Gasteiger partial charge on any atom is -0.482 e. The lowest BCUT2D eigenvalue weighted by Crippen LogP contribution is -2.47. The summed E-state index contributed by atoms with van der Waals surface area (Å²) >= 11 is 11.9. The number of halogens is 2. The molecule has 0 saturated carbocycles. The van der Waals surface area contributed by atoms with Crippen LogP contribution >= 0.6 is 23.2 Å². The number of amides is 2. The number of carbonyl (C=O) groups is 2. The summed E-state index contributed by atoms with van der Waals surface area (Å²) in [7, 11) is 0. The van der Waals surface area contributed by atoms with Gasteiger partial charge in [0.1, 0.15) is 5.75 Å². The minimum atomic E-state index is -0.0927. The smallest absolute Gasteiger partial charge is 0.260 e. The van der Waals surface area contributed by atoms with Crippen LogP contribution in [0.5, 0.6) is 5.75 Å². The molecule has 0 spiro atoms. The van der Waals surface area contributed by atoms with Crippen molar-refractivity contribution in [2.75, 3.05) is 19.7 Å². The molecule has 7 heteroatoms. The van der Waals surface area contributed by atoms with Crippen LogP contribution in [-0.2, 0) is 16.0 Å². The summed E-state index contributed by atoms with van der Waals surface area (Å²) in [5, 5.41) is 3.97. The van der Waals surface area contributed by atoms with Crippen molar-refractivity contribution in [3.05, 3.63) is 64.1 Å². The molecule has 1 N–H and O–H groups in total. The van der Waals surface area contributed by atoms with Gasteiger partial charge in [-0.15, -0.1) is 0 Å². The Labute approximate surface area is 180 Å². The summed E-state index contributed by atoms with van der Waals surface area (Å²) in [4.78, 5) is 26.3. The quantitative estimate of drug-likeness (QED) is 0.712. The van der Waals surface area contributed by atoms with E-state index in [1.54, 1.807) is 23.1 Å². The lowest BCUT2D eigenvalue weighted by Gasteiger charge is -2.32. The second kappa shape index (κ2) is 10.5. The van der Waals surface area contributed by atoms with Crippen LogP contribution in [0.1, 0.15) is 24.8 Å². The lowest BCUT2D eigenvalue weighted by molar-refractivity contribution is -0.134. The highest BCUT2D eigenvalue weighted by molar-refractivity contribution is 6.35. The number of benzene rings is 2. The Morgan fingerprint density at radius 2 is 1.79 bits per heavy atom. The van der Waals surface area contributed by atoms with Gasteiger partial charge in [-0.3, -0.25) is 9.59 Å². The number of hydrogen-bond acceptors (Lipinski definition) is 3. The molecular weight excluding hydrogens is 411 g/mol. The monoisotopic (exact) mass is 434 g/mol. The summed E-state index contributed by atoms with van der Waals surface area (Å²) in [5.74, 6) is 0.397. The summed E-state index contributed by atoms with van der Waals surface area (Å²) < 4.78 is 5.52. The van der Waals surface area contributed by atoms with Gasteiger partial charge in [0.2, 0.25) is 5.91 Å². The molecule has 0 aromatic heterocycles. The van der Waals surface area contributed by atoms with E-state index in [1.165, 1.54) is 0 Å².